The van der Waals surface area contributed by atoms with Crippen LogP contribution in [0.4, 0.5) is 0 Å². The SMILES string of the molecule is CS(=O)(=O)c1[nH]nc2c1CCc1nc(-c3ccccc3)c(-c3ccccc3)cc1-2. The summed E-state index contributed by atoms with van der Waals surface area (Å²) < 4.78 is 24.2. The van der Waals surface area contributed by atoms with Gasteiger partial charge in [-0.2, -0.15) is 5.10 Å². The van der Waals surface area contributed by atoms with Crippen LogP contribution in [0.5, 0.6) is 0 Å². The molecule has 0 aliphatic heterocycles. The Morgan fingerprint density at radius 3 is 2.14 bits per heavy atom. The summed E-state index contributed by atoms with van der Waals surface area (Å²) >= 11 is 0. The summed E-state index contributed by atoms with van der Waals surface area (Å²) in [5.41, 5.74) is 7.35. The first-order valence-corrected chi connectivity index (χ1v) is 11.3. The molecular formula is C23H19N3O2S. The molecule has 29 heavy (non-hydrogen) atoms. The van der Waals surface area contributed by atoms with E-state index in [2.05, 4.69) is 40.5 Å². The van der Waals surface area contributed by atoms with Gasteiger partial charge in [-0.15, -0.1) is 0 Å². The van der Waals surface area contributed by atoms with Crippen molar-refractivity contribution >= 4 is 9.84 Å². The average Bonchev–Trinajstić information content (AvgIpc) is 3.19. The Morgan fingerprint density at radius 1 is 0.828 bits per heavy atom. The lowest BCUT2D eigenvalue weighted by atomic mass is 9.89. The number of hydrogen-bond acceptors (Lipinski definition) is 4. The Labute approximate surface area is 169 Å². The molecule has 4 aromatic rings. The number of H-pyrrole nitrogens is 1. The molecule has 1 N–H and O–H groups in total. The van der Waals surface area contributed by atoms with Crippen LogP contribution in [-0.4, -0.2) is 29.9 Å². The third-order valence-corrected chi connectivity index (χ3v) is 6.38. The summed E-state index contributed by atoms with van der Waals surface area (Å²) in [5.74, 6) is 0. The first-order valence-electron chi connectivity index (χ1n) is 9.45. The molecule has 1 aliphatic carbocycles. The minimum Gasteiger partial charge on any atom is -0.266 e. The number of aromatic nitrogens is 3. The summed E-state index contributed by atoms with van der Waals surface area (Å²) in [6.45, 7) is 0. The highest BCUT2D eigenvalue weighted by Gasteiger charge is 2.28. The molecule has 2 aromatic carbocycles. The van der Waals surface area contributed by atoms with Crippen molar-refractivity contribution < 1.29 is 8.42 Å². The van der Waals surface area contributed by atoms with Crippen LogP contribution in [-0.2, 0) is 22.7 Å². The Hall–Kier alpha value is -3.25. The highest BCUT2D eigenvalue weighted by molar-refractivity contribution is 7.90. The maximum absolute atomic E-state index is 12.1. The van der Waals surface area contributed by atoms with Crippen LogP contribution >= 0.6 is 0 Å². The molecule has 2 heterocycles. The normalized spacial score (nSPS) is 13.0. The third-order valence-electron chi connectivity index (χ3n) is 5.30. The molecule has 144 valence electrons. The van der Waals surface area contributed by atoms with E-state index in [4.69, 9.17) is 4.98 Å². The zero-order valence-electron chi connectivity index (χ0n) is 15.9. The van der Waals surface area contributed by atoms with E-state index >= 15 is 0 Å². The van der Waals surface area contributed by atoms with Crippen LogP contribution in [0, 0.1) is 0 Å². The van der Waals surface area contributed by atoms with Crippen molar-refractivity contribution in [2.75, 3.05) is 6.26 Å². The van der Waals surface area contributed by atoms with Gasteiger partial charge >= 0.3 is 0 Å². The molecule has 0 unspecified atom stereocenters. The van der Waals surface area contributed by atoms with Crippen LogP contribution in [0.1, 0.15) is 11.3 Å². The smallest absolute Gasteiger partial charge is 0.192 e. The van der Waals surface area contributed by atoms with Crippen molar-refractivity contribution in [3.63, 3.8) is 0 Å². The van der Waals surface area contributed by atoms with Crippen LogP contribution < -0.4 is 0 Å². The predicted octanol–water partition coefficient (Wildman–Crippen LogP) is 4.31. The molecule has 5 nitrogen and oxygen atoms in total. The molecule has 0 spiro atoms. The van der Waals surface area contributed by atoms with Gasteiger partial charge in [-0.25, -0.2) is 8.42 Å². The van der Waals surface area contributed by atoms with Crippen molar-refractivity contribution in [1.29, 1.82) is 0 Å². The number of nitrogens with zero attached hydrogens (tertiary/aromatic N) is 2. The number of rotatable bonds is 3. The van der Waals surface area contributed by atoms with Crippen molar-refractivity contribution in [2.45, 2.75) is 17.9 Å². The van der Waals surface area contributed by atoms with Gasteiger partial charge < -0.3 is 0 Å². The Balaban J connectivity index is 1.77. The first-order chi connectivity index (χ1) is 14.0. The van der Waals surface area contributed by atoms with Gasteiger partial charge in [-0.3, -0.25) is 10.1 Å². The third kappa shape index (κ3) is 3.06. The van der Waals surface area contributed by atoms with Gasteiger partial charge in [0, 0.05) is 28.5 Å². The van der Waals surface area contributed by atoms with Gasteiger partial charge in [0.15, 0.2) is 14.9 Å². The lowest BCUT2D eigenvalue weighted by Gasteiger charge is -2.19. The summed E-state index contributed by atoms with van der Waals surface area (Å²) in [5, 5.41) is 7.31. The fraction of sp³-hybridized carbons (Fsp3) is 0.130. The number of sulfone groups is 1. The molecule has 0 radical (unpaired) electrons. The number of hydrogen-bond donors (Lipinski definition) is 1. The average molecular weight is 401 g/mol. The zero-order valence-corrected chi connectivity index (χ0v) is 16.7. The largest absolute Gasteiger partial charge is 0.266 e. The Kier molecular flexibility index (Phi) is 4.10. The molecular weight excluding hydrogens is 382 g/mol. The van der Waals surface area contributed by atoms with E-state index in [0.29, 0.717) is 18.5 Å². The molecule has 0 fully saturated rings. The number of benzene rings is 2. The zero-order chi connectivity index (χ0) is 20.0. The second-order valence-electron chi connectivity index (χ2n) is 7.26. The molecule has 6 heteroatoms. The van der Waals surface area contributed by atoms with Crippen LogP contribution in [0.3, 0.4) is 0 Å². The molecule has 1 aliphatic rings. The molecule has 5 rings (SSSR count). The molecule has 0 atom stereocenters. The molecule has 0 amide bonds. The number of aryl methyl sites for hydroxylation is 1. The van der Waals surface area contributed by atoms with Gasteiger partial charge in [0.05, 0.1) is 17.1 Å². The van der Waals surface area contributed by atoms with Gasteiger partial charge in [0.2, 0.25) is 0 Å². The molecule has 0 bridgehead atoms. The highest BCUT2D eigenvalue weighted by Crippen LogP contribution is 2.40. The monoisotopic (exact) mass is 401 g/mol. The second-order valence-corrected chi connectivity index (χ2v) is 9.22. The number of nitrogens with one attached hydrogen (secondary N) is 1. The summed E-state index contributed by atoms with van der Waals surface area (Å²) in [6, 6.07) is 22.4. The number of fused-ring (bicyclic) bond motifs is 3. The van der Waals surface area contributed by atoms with E-state index in [1.54, 1.807) is 0 Å². The van der Waals surface area contributed by atoms with E-state index in [1.165, 1.54) is 6.26 Å². The van der Waals surface area contributed by atoms with Crippen molar-refractivity contribution in [3.8, 4) is 33.6 Å². The van der Waals surface area contributed by atoms with E-state index in [-0.39, 0.29) is 5.03 Å². The minimum atomic E-state index is -3.36. The summed E-state index contributed by atoms with van der Waals surface area (Å²) in [4.78, 5) is 5.03. The van der Waals surface area contributed by atoms with Crippen LogP contribution in [0.25, 0.3) is 33.6 Å². The highest BCUT2D eigenvalue weighted by atomic mass is 32.2. The lowest BCUT2D eigenvalue weighted by Crippen LogP contribution is -2.10. The van der Waals surface area contributed by atoms with Gasteiger partial charge in [-0.1, -0.05) is 60.7 Å². The molecule has 0 saturated carbocycles. The quantitative estimate of drug-likeness (QED) is 0.555. The minimum absolute atomic E-state index is 0.214. The second kappa shape index (κ2) is 6.67. The fourth-order valence-electron chi connectivity index (χ4n) is 3.95. The standard InChI is InChI=1S/C23H19N3O2S/c1-29(27,28)23-17-12-13-20-19(22(17)25-26-23)14-18(15-8-4-2-5-9-15)21(24-20)16-10-6-3-7-11-16/h2-11,14H,12-13H2,1H3,(H,25,26). The van der Waals surface area contributed by atoms with Crippen molar-refractivity contribution in [3.05, 3.63) is 78.0 Å². The number of pyridine rings is 1. The lowest BCUT2D eigenvalue weighted by molar-refractivity contribution is 0.596. The molecule has 0 saturated heterocycles. The van der Waals surface area contributed by atoms with E-state index in [9.17, 15) is 8.42 Å². The summed E-state index contributed by atoms with van der Waals surface area (Å²) in [7, 11) is -3.36. The van der Waals surface area contributed by atoms with E-state index in [1.807, 2.05) is 36.4 Å². The van der Waals surface area contributed by atoms with Crippen molar-refractivity contribution in [1.82, 2.24) is 15.2 Å². The van der Waals surface area contributed by atoms with Gasteiger partial charge in [-0.05, 0) is 24.5 Å². The van der Waals surface area contributed by atoms with Crippen molar-refractivity contribution in [2.24, 2.45) is 0 Å². The summed E-state index contributed by atoms with van der Waals surface area (Å²) in [6.07, 6.45) is 2.49. The maximum Gasteiger partial charge on any atom is 0.192 e. The fourth-order valence-corrected chi connectivity index (χ4v) is 4.81. The maximum atomic E-state index is 12.1. The number of aromatic amines is 1. The van der Waals surface area contributed by atoms with Crippen LogP contribution in [0.2, 0.25) is 0 Å². The van der Waals surface area contributed by atoms with E-state index < -0.39 is 9.84 Å². The first kappa shape index (κ1) is 17.8. The van der Waals surface area contributed by atoms with E-state index in [0.717, 1.165) is 39.2 Å². The Morgan fingerprint density at radius 2 is 1.48 bits per heavy atom. The predicted molar refractivity (Wildman–Crippen MR) is 113 cm³/mol. The van der Waals surface area contributed by atoms with Gasteiger partial charge in [0.1, 0.15) is 0 Å². The Bertz CT molecular complexity index is 1310. The van der Waals surface area contributed by atoms with Gasteiger partial charge in [0.25, 0.3) is 0 Å². The van der Waals surface area contributed by atoms with Crippen LogP contribution in [0.15, 0.2) is 71.8 Å². The topological polar surface area (TPSA) is 75.7 Å². The molecule has 2 aromatic heterocycles.